The van der Waals surface area contributed by atoms with Crippen molar-refractivity contribution in [3.63, 3.8) is 0 Å². The van der Waals surface area contributed by atoms with Gasteiger partial charge in [0.15, 0.2) is 0 Å². The van der Waals surface area contributed by atoms with Crippen molar-refractivity contribution in [3.8, 4) is 11.5 Å². The number of hydrogen-bond acceptors (Lipinski definition) is 5. The summed E-state index contributed by atoms with van der Waals surface area (Å²) >= 11 is 6.13. The van der Waals surface area contributed by atoms with Crippen molar-refractivity contribution < 1.29 is 19.1 Å². The number of halogens is 1. The van der Waals surface area contributed by atoms with Gasteiger partial charge in [-0.25, -0.2) is 5.43 Å². The lowest BCUT2D eigenvalue weighted by atomic mass is 10.2. The molecule has 31 heavy (non-hydrogen) atoms. The highest BCUT2D eigenvalue weighted by Crippen LogP contribution is 2.22. The molecule has 3 rings (SSSR count). The van der Waals surface area contributed by atoms with Crippen LogP contribution < -0.4 is 20.2 Å². The molecule has 0 unspecified atom stereocenters. The average molecular weight is 438 g/mol. The molecular weight excluding hydrogens is 418 g/mol. The van der Waals surface area contributed by atoms with Crippen molar-refractivity contribution in [2.75, 3.05) is 12.4 Å². The number of carbonyl (C=O) groups is 2. The molecule has 2 amide bonds. The molecule has 0 radical (unpaired) electrons. The molecule has 0 aromatic heterocycles. The highest BCUT2D eigenvalue weighted by molar-refractivity contribution is 6.39. The molecule has 0 fully saturated rings. The number of benzene rings is 3. The van der Waals surface area contributed by atoms with Gasteiger partial charge in [0.05, 0.1) is 19.0 Å². The fourth-order valence-corrected chi connectivity index (χ4v) is 2.79. The van der Waals surface area contributed by atoms with Gasteiger partial charge >= 0.3 is 11.8 Å². The van der Waals surface area contributed by atoms with E-state index in [0.29, 0.717) is 34.4 Å². The van der Waals surface area contributed by atoms with Gasteiger partial charge in [-0.1, -0.05) is 54.1 Å². The molecule has 0 aliphatic rings. The van der Waals surface area contributed by atoms with Crippen LogP contribution >= 0.6 is 11.6 Å². The second kappa shape index (κ2) is 10.8. The number of para-hydroxylation sites is 2. The van der Waals surface area contributed by atoms with Crippen LogP contribution in [0.25, 0.3) is 0 Å². The van der Waals surface area contributed by atoms with E-state index in [2.05, 4.69) is 15.8 Å². The molecule has 3 aromatic rings. The van der Waals surface area contributed by atoms with Gasteiger partial charge in [0.2, 0.25) is 0 Å². The number of methoxy groups -OCH3 is 1. The minimum atomic E-state index is -0.909. The zero-order valence-corrected chi connectivity index (χ0v) is 17.4. The van der Waals surface area contributed by atoms with Crippen LogP contribution in [0.5, 0.6) is 11.5 Å². The second-order valence-electron chi connectivity index (χ2n) is 6.31. The fraction of sp³-hybridized carbons (Fsp3) is 0.0870. The molecular formula is C23H20ClN3O4. The minimum absolute atomic E-state index is 0.320. The zero-order valence-electron chi connectivity index (χ0n) is 16.7. The topological polar surface area (TPSA) is 89.0 Å². The van der Waals surface area contributed by atoms with E-state index in [0.717, 1.165) is 5.56 Å². The summed E-state index contributed by atoms with van der Waals surface area (Å²) in [7, 11) is 1.47. The third kappa shape index (κ3) is 6.32. The Morgan fingerprint density at radius 2 is 1.77 bits per heavy atom. The van der Waals surface area contributed by atoms with Crippen molar-refractivity contribution in [1.29, 1.82) is 0 Å². The van der Waals surface area contributed by atoms with Crippen molar-refractivity contribution in [1.82, 2.24) is 5.43 Å². The molecule has 7 nitrogen and oxygen atoms in total. The lowest BCUT2D eigenvalue weighted by Crippen LogP contribution is -2.32. The number of nitrogens with zero attached hydrogens (tertiary/aromatic N) is 1. The smallest absolute Gasteiger partial charge is 0.329 e. The summed E-state index contributed by atoms with van der Waals surface area (Å²) in [6.07, 6.45) is 1.41. The van der Waals surface area contributed by atoms with Crippen LogP contribution in [0.1, 0.15) is 11.1 Å². The highest BCUT2D eigenvalue weighted by atomic mass is 35.5. The standard InChI is InChI=1S/C23H20ClN3O4/c1-30-21-12-5-4-11-20(21)26-22(28)23(29)27-25-14-16-7-6-9-18(13-16)31-15-17-8-2-3-10-19(17)24/h2-14H,15H2,1H3,(H,26,28)(H,27,29). The summed E-state index contributed by atoms with van der Waals surface area (Å²) in [6.45, 7) is 0.320. The summed E-state index contributed by atoms with van der Waals surface area (Å²) in [5.74, 6) is -0.711. The quantitative estimate of drug-likeness (QED) is 0.332. The van der Waals surface area contributed by atoms with E-state index in [1.807, 2.05) is 18.2 Å². The predicted molar refractivity (Wildman–Crippen MR) is 120 cm³/mol. The van der Waals surface area contributed by atoms with E-state index in [-0.39, 0.29) is 0 Å². The maximum absolute atomic E-state index is 12.0. The van der Waals surface area contributed by atoms with E-state index in [9.17, 15) is 9.59 Å². The van der Waals surface area contributed by atoms with E-state index in [4.69, 9.17) is 21.1 Å². The first kappa shape index (κ1) is 21.9. The van der Waals surface area contributed by atoms with Crippen LogP contribution in [-0.4, -0.2) is 25.1 Å². The van der Waals surface area contributed by atoms with Crippen LogP contribution in [0.15, 0.2) is 77.9 Å². The Balaban J connectivity index is 1.54. The van der Waals surface area contributed by atoms with E-state index >= 15 is 0 Å². The van der Waals surface area contributed by atoms with E-state index < -0.39 is 11.8 Å². The molecule has 8 heteroatoms. The number of nitrogens with one attached hydrogen (secondary N) is 2. The molecule has 0 aliphatic carbocycles. The van der Waals surface area contributed by atoms with Gasteiger partial charge in [-0.2, -0.15) is 5.10 Å². The first-order valence-electron chi connectivity index (χ1n) is 9.30. The Bertz CT molecular complexity index is 1100. The molecule has 0 atom stereocenters. The number of rotatable bonds is 7. The molecule has 0 saturated carbocycles. The van der Waals surface area contributed by atoms with Gasteiger partial charge < -0.3 is 14.8 Å². The number of hydrogen-bond donors (Lipinski definition) is 2. The van der Waals surface area contributed by atoms with Gasteiger partial charge in [0.25, 0.3) is 0 Å². The molecule has 0 aliphatic heterocycles. The predicted octanol–water partition coefficient (Wildman–Crippen LogP) is 4.02. The Labute approximate surface area is 184 Å². The lowest BCUT2D eigenvalue weighted by Gasteiger charge is -2.09. The third-order valence-electron chi connectivity index (χ3n) is 4.15. The van der Waals surface area contributed by atoms with Gasteiger partial charge in [-0.15, -0.1) is 0 Å². The molecule has 2 N–H and O–H groups in total. The Hall–Kier alpha value is -3.84. The highest BCUT2D eigenvalue weighted by Gasteiger charge is 2.14. The number of ether oxygens (including phenoxy) is 2. The maximum Gasteiger partial charge on any atom is 0.329 e. The second-order valence-corrected chi connectivity index (χ2v) is 6.71. The molecule has 0 saturated heterocycles. The van der Waals surface area contributed by atoms with Gasteiger partial charge in [-0.05, 0) is 35.9 Å². The Morgan fingerprint density at radius 1 is 1.00 bits per heavy atom. The normalized spacial score (nSPS) is 10.5. The number of hydrazone groups is 1. The third-order valence-corrected chi connectivity index (χ3v) is 4.52. The molecule has 3 aromatic carbocycles. The zero-order chi connectivity index (χ0) is 22.1. The summed E-state index contributed by atoms with van der Waals surface area (Å²) in [4.78, 5) is 24.0. The van der Waals surface area contributed by atoms with Crippen LogP contribution in [-0.2, 0) is 16.2 Å². The minimum Gasteiger partial charge on any atom is -0.495 e. The van der Waals surface area contributed by atoms with Crippen LogP contribution in [0.4, 0.5) is 5.69 Å². The Kier molecular flexibility index (Phi) is 7.61. The van der Waals surface area contributed by atoms with Crippen molar-refractivity contribution in [2.24, 2.45) is 5.10 Å². The fourth-order valence-electron chi connectivity index (χ4n) is 2.60. The van der Waals surface area contributed by atoms with Gasteiger partial charge in [-0.3, -0.25) is 9.59 Å². The van der Waals surface area contributed by atoms with Gasteiger partial charge in [0.1, 0.15) is 18.1 Å². The Morgan fingerprint density at radius 3 is 2.58 bits per heavy atom. The molecule has 0 heterocycles. The lowest BCUT2D eigenvalue weighted by molar-refractivity contribution is -0.136. The summed E-state index contributed by atoms with van der Waals surface area (Å²) in [5.41, 5.74) is 4.13. The number of carbonyl (C=O) groups excluding carboxylic acids is 2. The van der Waals surface area contributed by atoms with E-state index in [1.54, 1.807) is 54.6 Å². The van der Waals surface area contributed by atoms with Crippen molar-refractivity contribution in [3.05, 3.63) is 88.9 Å². The maximum atomic E-state index is 12.0. The summed E-state index contributed by atoms with van der Waals surface area (Å²) in [6, 6.07) is 21.3. The molecule has 0 bridgehead atoms. The summed E-state index contributed by atoms with van der Waals surface area (Å²) < 4.78 is 10.9. The largest absolute Gasteiger partial charge is 0.495 e. The molecule has 158 valence electrons. The SMILES string of the molecule is COc1ccccc1NC(=O)C(=O)NN=Cc1cccc(OCc2ccccc2Cl)c1. The van der Waals surface area contributed by atoms with Gasteiger partial charge in [0, 0.05) is 10.6 Å². The number of amides is 2. The summed E-state index contributed by atoms with van der Waals surface area (Å²) in [5, 5.41) is 6.94. The van der Waals surface area contributed by atoms with Crippen LogP contribution in [0, 0.1) is 0 Å². The average Bonchev–Trinajstić information content (AvgIpc) is 2.79. The molecule has 0 spiro atoms. The van der Waals surface area contributed by atoms with Crippen LogP contribution in [0.2, 0.25) is 5.02 Å². The van der Waals surface area contributed by atoms with Crippen molar-refractivity contribution >= 4 is 35.3 Å². The first-order valence-corrected chi connectivity index (χ1v) is 9.68. The van der Waals surface area contributed by atoms with Crippen molar-refractivity contribution in [2.45, 2.75) is 6.61 Å². The monoisotopic (exact) mass is 437 g/mol. The van der Waals surface area contributed by atoms with Crippen LogP contribution in [0.3, 0.4) is 0 Å². The van der Waals surface area contributed by atoms with E-state index in [1.165, 1.54) is 13.3 Å². The number of anilines is 1. The first-order chi connectivity index (χ1) is 15.1.